The monoisotopic (exact) mass is 794 g/mol. The maximum atomic E-state index is 14.0. The summed E-state index contributed by atoms with van der Waals surface area (Å²) in [5.74, 6) is -0.658. The number of aliphatic hydroxyl groups excluding tert-OH is 1. The van der Waals surface area contributed by atoms with Crippen molar-refractivity contribution in [2.75, 3.05) is 19.7 Å². The molecule has 2 aromatic heterocycles. The van der Waals surface area contributed by atoms with Crippen molar-refractivity contribution in [3.05, 3.63) is 160 Å². The number of pyridine rings is 1. The molecule has 0 bridgehead atoms. The lowest BCUT2D eigenvalue weighted by molar-refractivity contribution is -0.142. The summed E-state index contributed by atoms with van der Waals surface area (Å²) in [5, 5.41) is 33.9. The zero-order chi connectivity index (χ0) is 41.2. The number of ether oxygens (including phenoxy) is 1. The number of benzene rings is 4. The smallest absolute Gasteiger partial charge is 0.248 e. The maximum absolute atomic E-state index is 14.0. The van der Waals surface area contributed by atoms with Crippen molar-refractivity contribution < 1.29 is 29.6 Å². The summed E-state index contributed by atoms with van der Waals surface area (Å²) in [5.41, 5.74) is 1.97. The largest absolute Gasteiger partial charge is 0.506 e. The van der Waals surface area contributed by atoms with E-state index in [1.54, 1.807) is 60.8 Å². The lowest BCUT2D eigenvalue weighted by atomic mass is 9.82. The predicted molar refractivity (Wildman–Crippen MR) is 226 cm³/mol. The molecule has 0 aliphatic carbocycles. The third kappa shape index (κ3) is 10.1. The van der Waals surface area contributed by atoms with Gasteiger partial charge in [0.1, 0.15) is 18.1 Å². The molecule has 0 spiro atoms. The number of aliphatic hydroxyl groups is 2. The van der Waals surface area contributed by atoms with E-state index in [1.807, 2.05) is 30.3 Å². The fraction of sp³-hybridized carbons (Fsp3) is 0.312. The lowest BCUT2D eigenvalue weighted by Gasteiger charge is -2.33. The van der Waals surface area contributed by atoms with E-state index in [0.717, 1.165) is 51.7 Å². The zero-order valence-electron chi connectivity index (χ0n) is 33.0. The standard InChI is InChI=1S/C48H50N4O7/c53-42(38-20-22-44(55)47-39(38)21-23-46(57)51-47)18-9-1-2-10-19-43(54)41-30-49-29-40(50-41)34-14-11-17-36(28-34)48(58,35-15-7-4-8-16-35)45(56)32-59-37-24-26-52(27-25-37)31-33-12-5-3-6-13-33/h3-8,11-17,20-23,28-30,37,42,53,55,58H,1-2,9-10,18-19,24-27,31-32H2,(H,51,57)/t42-,48-/m0/s1. The zero-order valence-corrected chi connectivity index (χ0v) is 33.0. The Hall–Kier alpha value is -5.85. The molecule has 7 rings (SSSR count). The normalized spacial score (nSPS) is 15.2. The van der Waals surface area contributed by atoms with Crippen LogP contribution in [-0.4, -0.2) is 72.5 Å². The van der Waals surface area contributed by atoms with Crippen molar-refractivity contribution >= 4 is 22.5 Å². The first-order valence-corrected chi connectivity index (χ1v) is 20.4. The van der Waals surface area contributed by atoms with Gasteiger partial charge in [0.2, 0.25) is 5.56 Å². The van der Waals surface area contributed by atoms with Crippen LogP contribution in [0.25, 0.3) is 22.2 Å². The number of piperidine rings is 1. The summed E-state index contributed by atoms with van der Waals surface area (Å²) >= 11 is 0. The Balaban J connectivity index is 0.940. The number of phenolic OH excluding ortho intramolecular Hbond substituents is 1. The number of phenols is 1. The van der Waals surface area contributed by atoms with Crippen LogP contribution < -0.4 is 5.56 Å². The molecule has 0 unspecified atom stereocenters. The molecular formula is C48H50N4O7. The van der Waals surface area contributed by atoms with E-state index in [4.69, 9.17) is 4.74 Å². The molecule has 1 saturated heterocycles. The fourth-order valence-electron chi connectivity index (χ4n) is 7.89. The number of aromatic hydroxyl groups is 1. The highest BCUT2D eigenvalue weighted by Crippen LogP contribution is 2.34. The van der Waals surface area contributed by atoms with Gasteiger partial charge in [0.05, 0.1) is 35.8 Å². The van der Waals surface area contributed by atoms with Gasteiger partial charge in [-0.3, -0.25) is 24.3 Å². The number of Topliss-reactive ketones (excluding diaryl/α,β-unsaturated/α-hetero) is 2. The SMILES string of the molecule is O=C(CCCCCC[C@H](O)c1ccc(O)c2[nH]c(=O)ccc12)c1cncc(-c2cccc([C@](O)(C(=O)COC3CCN(Cc4ccccc4)CC3)c3ccccc3)c2)n1. The highest BCUT2D eigenvalue weighted by Gasteiger charge is 2.40. The van der Waals surface area contributed by atoms with E-state index in [9.17, 15) is 29.7 Å². The van der Waals surface area contributed by atoms with Gasteiger partial charge in [-0.15, -0.1) is 0 Å². The Labute approximate surface area is 343 Å². The molecule has 3 heterocycles. The predicted octanol–water partition coefficient (Wildman–Crippen LogP) is 7.43. The molecule has 4 N–H and O–H groups in total. The van der Waals surface area contributed by atoms with Crippen LogP contribution in [0, 0.1) is 0 Å². The molecule has 0 saturated carbocycles. The number of carbonyl (C=O) groups excluding carboxylic acids is 2. The van der Waals surface area contributed by atoms with Crippen molar-refractivity contribution in [2.24, 2.45) is 0 Å². The average molecular weight is 795 g/mol. The second kappa shape index (κ2) is 19.3. The Bertz CT molecular complexity index is 2410. The molecule has 1 fully saturated rings. The van der Waals surface area contributed by atoms with Crippen LogP contribution in [0.1, 0.15) is 90.2 Å². The molecule has 4 aromatic carbocycles. The highest BCUT2D eigenvalue weighted by molar-refractivity contribution is 5.95. The number of hydrogen-bond acceptors (Lipinski definition) is 10. The number of likely N-dealkylation sites (tertiary alicyclic amines) is 1. The van der Waals surface area contributed by atoms with Gasteiger partial charge < -0.3 is 25.0 Å². The minimum atomic E-state index is -1.99. The number of rotatable bonds is 18. The fourth-order valence-corrected chi connectivity index (χ4v) is 7.89. The highest BCUT2D eigenvalue weighted by atomic mass is 16.5. The van der Waals surface area contributed by atoms with Gasteiger partial charge in [0.25, 0.3) is 0 Å². The first kappa shape index (κ1) is 41.3. The summed E-state index contributed by atoms with van der Waals surface area (Å²) in [7, 11) is 0. The number of hydrogen-bond donors (Lipinski definition) is 4. The Morgan fingerprint density at radius 1 is 0.847 bits per heavy atom. The third-order valence-corrected chi connectivity index (χ3v) is 11.2. The molecule has 2 atom stereocenters. The van der Waals surface area contributed by atoms with Crippen LogP contribution in [0.5, 0.6) is 5.75 Å². The van der Waals surface area contributed by atoms with Crippen molar-refractivity contribution in [2.45, 2.75) is 75.7 Å². The number of ketones is 2. The van der Waals surface area contributed by atoms with Crippen LogP contribution in [0.3, 0.4) is 0 Å². The van der Waals surface area contributed by atoms with Crippen LogP contribution in [0.15, 0.2) is 126 Å². The molecule has 6 aromatic rings. The quantitative estimate of drug-likeness (QED) is 0.0508. The van der Waals surface area contributed by atoms with E-state index in [-0.39, 0.29) is 41.9 Å². The van der Waals surface area contributed by atoms with Crippen LogP contribution >= 0.6 is 0 Å². The number of aromatic amines is 1. The molecule has 1 aliphatic rings. The molecule has 0 radical (unpaired) electrons. The Morgan fingerprint density at radius 3 is 2.36 bits per heavy atom. The minimum Gasteiger partial charge on any atom is -0.506 e. The summed E-state index contributed by atoms with van der Waals surface area (Å²) < 4.78 is 6.17. The van der Waals surface area contributed by atoms with Gasteiger partial charge in [-0.25, -0.2) is 4.98 Å². The number of nitrogens with one attached hydrogen (secondary N) is 1. The molecule has 304 valence electrons. The lowest BCUT2D eigenvalue weighted by Crippen LogP contribution is -2.42. The van der Waals surface area contributed by atoms with Gasteiger partial charge in [-0.05, 0) is 66.1 Å². The summed E-state index contributed by atoms with van der Waals surface area (Å²) in [6.45, 7) is 2.35. The van der Waals surface area contributed by atoms with Gasteiger partial charge in [-0.1, -0.05) is 104 Å². The second-order valence-corrected chi connectivity index (χ2v) is 15.3. The molecule has 1 aliphatic heterocycles. The van der Waals surface area contributed by atoms with E-state index in [1.165, 1.54) is 23.9 Å². The van der Waals surface area contributed by atoms with E-state index in [0.29, 0.717) is 51.7 Å². The molecule has 11 heteroatoms. The summed E-state index contributed by atoms with van der Waals surface area (Å²) in [6.07, 6.45) is 7.47. The molecule has 0 amide bonds. The number of unbranched alkanes of at least 4 members (excludes halogenated alkanes) is 3. The third-order valence-electron chi connectivity index (χ3n) is 11.2. The summed E-state index contributed by atoms with van der Waals surface area (Å²) in [4.78, 5) is 53.0. The Kier molecular flexibility index (Phi) is 13.5. The molecular weight excluding hydrogens is 745 g/mol. The van der Waals surface area contributed by atoms with Gasteiger partial charge in [0.15, 0.2) is 17.2 Å². The van der Waals surface area contributed by atoms with Gasteiger partial charge >= 0.3 is 0 Å². The summed E-state index contributed by atoms with van der Waals surface area (Å²) in [6, 6.07) is 32.3. The number of nitrogens with zero attached hydrogens (tertiary/aromatic N) is 3. The van der Waals surface area contributed by atoms with Crippen molar-refractivity contribution in [1.29, 1.82) is 0 Å². The number of carbonyl (C=O) groups is 2. The second-order valence-electron chi connectivity index (χ2n) is 15.3. The average Bonchev–Trinajstić information content (AvgIpc) is 3.27. The molecule has 11 nitrogen and oxygen atoms in total. The Morgan fingerprint density at radius 2 is 1.58 bits per heavy atom. The van der Waals surface area contributed by atoms with Crippen LogP contribution in [-0.2, 0) is 21.7 Å². The first-order valence-electron chi connectivity index (χ1n) is 20.4. The molecule has 59 heavy (non-hydrogen) atoms. The number of H-pyrrole nitrogens is 1. The minimum absolute atomic E-state index is 0.0491. The topological polar surface area (TPSA) is 166 Å². The van der Waals surface area contributed by atoms with E-state index < -0.39 is 17.5 Å². The van der Waals surface area contributed by atoms with E-state index in [2.05, 4.69) is 32.0 Å². The van der Waals surface area contributed by atoms with Gasteiger partial charge in [-0.2, -0.15) is 0 Å². The number of aromatic nitrogens is 3. The maximum Gasteiger partial charge on any atom is 0.248 e. The van der Waals surface area contributed by atoms with Crippen LogP contribution in [0.2, 0.25) is 0 Å². The van der Waals surface area contributed by atoms with Crippen molar-refractivity contribution in [1.82, 2.24) is 19.9 Å². The van der Waals surface area contributed by atoms with Crippen LogP contribution in [0.4, 0.5) is 0 Å². The van der Waals surface area contributed by atoms with Crippen molar-refractivity contribution in [3.8, 4) is 17.0 Å². The number of fused-ring (bicyclic) bond motifs is 1. The van der Waals surface area contributed by atoms with Crippen molar-refractivity contribution in [3.63, 3.8) is 0 Å². The van der Waals surface area contributed by atoms with Gasteiger partial charge in [0, 0.05) is 43.1 Å². The van der Waals surface area contributed by atoms with E-state index >= 15 is 0 Å². The first-order chi connectivity index (χ1) is 28.7.